The maximum Gasteiger partial charge on any atom is 0.258 e. The van der Waals surface area contributed by atoms with Gasteiger partial charge in [-0.1, -0.05) is 6.07 Å². The number of hydrogen-bond donors (Lipinski definition) is 2. The van der Waals surface area contributed by atoms with Gasteiger partial charge in [-0.05, 0) is 36.5 Å². The lowest BCUT2D eigenvalue weighted by Gasteiger charge is -2.38. The van der Waals surface area contributed by atoms with Gasteiger partial charge in [-0.25, -0.2) is 13.8 Å². The van der Waals surface area contributed by atoms with Crippen LogP contribution in [0.3, 0.4) is 0 Å². The van der Waals surface area contributed by atoms with E-state index in [0.29, 0.717) is 24.3 Å². The van der Waals surface area contributed by atoms with Crippen molar-refractivity contribution in [2.24, 2.45) is 5.92 Å². The van der Waals surface area contributed by atoms with Crippen molar-refractivity contribution in [2.75, 3.05) is 14.2 Å². The van der Waals surface area contributed by atoms with E-state index in [1.165, 1.54) is 20.3 Å². The van der Waals surface area contributed by atoms with Gasteiger partial charge in [0.1, 0.15) is 11.3 Å². The van der Waals surface area contributed by atoms with Crippen LogP contribution in [0.2, 0.25) is 0 Å². The van der Waals surface area contributed by atoms with Crippen LogP contribution >= 0.6 is 0 Å². The number of ether oxygens (including phenoxy) is 2. The van der Waals surface area contributed by atoms with E-state index in [9.17, 15) is 18.7 Å². The molecule has 1 fully saturated rings. The van der Waals surface area contributed by atoms with E-state index >= 15 is 0 Å². The Balaban J connectivity index is 1.90. The van der Waals surface area contributed by atoms with Crippen LogP contribution in [0.25, 0.3) is 0 Å². The number of nitrogens with zero attached hydrogens (tertiary/aromatic N) is 1. The van der Waals surface area contributed by atoms with Gasteiger partial charge in [0.2, 0.25) is 5.88 Å². The number of carbonyl (C=O) groups is 1. The Kier molecular flexibility index (Phi) is 5.55. The lowest BCUT2D eigenvalue weighted by molar-refractivity contribution is 0.0233. The summed E-state index contributed by atoms with van der Waals surface area (Å²) in [5, 5.41) is 12.4. The molecular weight excluding hydrogens is 358 g/mol. The van der Waals surface area contributed by atoms with Crippen molar-refractivity contribution < 1.29 is 28.2 Å². The molecule has 1 aliphatic rings. The number of aliphatic hydroxyl groups excluding tert-OH is 1. The predicted octanol–water partition coefficient (Wildman–Crippen LogP) is 2.62. The molecule has 1 aromatic carbocycles. The average Bonchev–Trinajstić information content (AvgIpc) is 2.65. The van der Waals surface area contributed by atoms with Gasteiger partial charge in [-0.2, -0.15) is 0 Å². The predicted molar refractivity (Wildman–Crippen MR) is 92.6 cm³/mol. The first-order chi connectivity index (χ1) is 12.9. The molecule has 27 heavy (non-hydrogen) atoms. The SMILES string of the molecule is COc1ccc(C(NC(=O)c2c(OC)ccc(F)c2F)C2CC(O)C2)cn1. The van der Waals surface area contributed by atoms with Crippen molar-refractivity contribution in [3.63, 3.8) is 0 Å². The molecule has 0 bridgehead atoms. The Bertz CT molecular complexity index is 823. The summed E-state index contributed by atoms with van der Waals surface area (Å²) in [7, 11) is 2.76. The quantitative estimate of drug-likeness (QED) is 0.808. The number of carbonyl (C=O) groups excluding carboxylic acids is 1. The summed E-state index contributed by atoms with van der Waals surface area (Å²) in [5.41, 5.74) is 0.181. The van der Waals surface area contributed by atoms with Crippen LogP contribution in [-0.2, 0) is 0 Å². The van der Waals surface area contributed by atoms with E-state index in [1.807, 2.05) is 0 Å². The second-order valence-corrected chi connectivity index (χ2v) is 6.41. The fourth-order valence-corrected chi connectivity index (χ4v) is 3.20. The largest absolute Gasteiger partial charge is 0.496 e. The highest BCUT2D eigenvalue weighted by molar-refractivity contribution is 5.97. The lowest BCUT2D eigenvalue weighted by Crippen LogP contribution is -2.41. The van der Waals surface area contributed by atoms with E-state index in [-0.39, 0.29) is 11.7 Å². The third-order valence-corrected chi connectivity index (χ3v) is 4.74. The fourth-order valence-electron chi connectivity index (χ4n) is 3.20. The molecule has 0 aliphatic heterocycles. The summed E-state index contributed by atoms with van der Waals surface area (Å²) < 4.78 is 37.9. The van der Waals surface area contributed by atoms with Crippen LogP contribution in [0, 0.1) is 17.6 Å². The van der Waals surface area contributed by atoms with Crippen molar-refractivity contribution in [1.82, 2.24) is 10.3 Å². The number of halogens is 2. The highest BCUT2D eigenvalue weighted by Crippen LogP contribution is 2.38. The Morgan fingerprint density at radius 3 is 2.52 bits per heavy atom. The lowest BCUT2D eigenvalue weighted by atomic mass is 9.75. The van der Waals surface area contributed by atoms with Gasteiger partial charge in [0.05, 0.1) is 26.4 Å². The maximum atomic E-state index is 14.2. The molecule has 0 spiro atoms. The molecule has 3 rings (SSSR count). The second-order valence-electron chi connectivity index (χ2n) is 6.41. The topological polar surface area (TPSA) is 80.7 Å². The number of amides is 1. The molecule has 1 atom stereocenters. The van der Waals surface area contributed by atoms with E-state index in [4.69, 9.17) is 9.47 Å². The molecule has 1 aliphatic carbocycles. The van der Waals surface area contributed by atoms with Crippen LogP contribution in [0.1, 0.15) is 34.8 Å². The minimum atomic E-state index is -1.27. The minimum absolute atomic E-state index is 0.0539. The zero-order valence-corrected chi connectivity index (χ0v) is 14.9. The van der Waals surface area contributed by atoms with Crippen molar-refractivity contribution >= 4 is 5.91 Å². The third kappa shape index (κ3) is 3.85. The number of hydrogen-bond acceptors (Lipinski definition) is 5. The second kappa shape index (κ2) is 7.87. The summed E-state index contributed by atoms with van der Waals surface area (Å²) in [6, 6.07) is 4.96. The summed E-state index contributed by atoms with van der Waals surface area (Å²) in [6.45, 7) is 0. The molecular formula is C19H20F2N2O4. The van der Waals surface area contributed by atoms with Gasteiger partial charge < -0.3 is 19.9 Å². The first-order valence-corrected chi connectivity index (χ1v) is 8.45. The first-order valence-electron chi connectivity index (χ1n) is 8.45. The van der Waals surface area contributed by atoms with E-state index in [1.54, 1.807) is 18.3 Å². The number of rotatable bonds is 6. The molecule has 1 aromatic heterocycles. The molecule has 2 N–H and O–H groups in total. The van der Waals surface area contributed by atoms with Crippen molar-refractivity contribution in [3.05, 3.63) is 53.2 Å². The fraction of sp³-hybridized carbons (Fsp3) is 0.368. The highest BCUT2D eigenvalue weighted by Gasteiger charge is 2.37. The molecule has 1 amide bonds. The highest BCUT2D eigenvalue weighted by atomic mass is 19.2. The number of nitrogens with one attached hydrogen (secondary N) is 1. The zero-order valence-electron chi connectivity index (χ0n) is 14.9. The van der Waals surface area contributed by atoms with Crippen molar-refractivity contribution in [3.8, 4) is 11.6 Å². The van der Waals surface area contributed by atoms with Gasteiger partial charge in [0, 0.05) is 12.3 Å². The smallest absolute Gasteiger partial charge is 0.258 e. The van der Waals surface area contributed by atoms with Gasteiger partial charge in [-0.15, -0.1) is 0 Å². The molecule has 0 saturated heterocycles. The molecule has 144 valence electrons. The van der Waals surface area contributed by atoms with Crippen LogP contribution < -0.4 is 14.8 Å². The zero-order chi connectivity index (χ0) is 19.6. The van der Waals surface area contributed by atoms with Crippen molar-refractivity contribution in [1.29, 1.82) is 0 Å². The molecule has 8 heteroatoms. The minimum Gasteiger partial charge on any atom is -0.496 e. The van der Waals surface area contributed by atoms with E-state index in [2.05, 4.69) is 10.3 Å². The van der Waals surface area contributed by atoms with E-state index < -0.39 is 35.3 Å². The monoisotopic (exact) mass is 378 g/mol. The van der Waals surface area contributed by atoms with Crippen LogP contribution in [-0.4, -0.2) is 36.3 Å². The molecule has 6 nitrogen and oxygen atoms in total. The van der Waals surface area contributed by atoms with Crippen molar-refractivity contribution in [2.45, 2.75) is 25.0 Å². The van der Waals surface area contributed by atoms with Crippen LogP contribution in [0.15, 0.2) is 30.5 Å². The van der Waals surface area contributed by atoms with Gasteiger partial charge in [0.15, 0.2) is 11.6 Å². The summed E-state index contributed by atoms with van der Waals surface area (Å²) in [5.74, 6) is -2.91. The van der Waals surface area contributed by atoms with E-state index in [0.717, 1.165) is 6.07 Å². The maximum absolute atomic E-state index is 14.2. The Morgan fingerprint density at radius 2 is 1.96 bits per heavy atom. The van der Waals surface area contributed by atoms with Crippen LogP contribution in [0.5, 0.6) is 11.6 Å². The number of pyridine rings is 1. The number of methoxy groups -OCH3 is 2. The summed E-state index contributed by atoms with van der Waals surface area (Å²) in [4.78, 5) is 16.9. The van der Waals surface area contributed by atoms with Gasteiger partial charge in [0.25, 0.3) is 5.91 Å². The first kappa shape index (κ1) is 19.0. The molecule has 2 aromatic rings. The number of aromatic nitrogens is 1. The Morgan fingerprint density at radius 1 is 1.22 bits per heavy atom. The molecule has 1 saturated carbocycles. The van der Waals surface area contributed by atoms with Gasteiger partial charge in [-0.3, -0.25) is 4.79 Å². The normalized spacial score (nSPS) is 19.7. The summed E-state index contributed by atoms with van der Waals surface area (Å²) >= 11 is 0. The number of benzene rings is 1. The summed E-state index contributed by atoms with van der Waals surface area (Å²) in [6.07, 6.45) is 2.08. The van der Waals surface area contributed by atoms with Crippen LogP contribution in [0.4, 0.5) is 8.78 Å². The Hall–Kier alpha value is -2.74. The van der Waals surface area contributed by atoms with Gasteiger partial charge >= 0.3 is 0 Å². The average molecular weight is 378 g/mol. The molecule has 1 unspecified atom stereocenters. The standard InChI is InChI=1S/C19H20F2N2O4/c1-26-14-5-4-13(20)17(21)16(14)19(25)23-18(11-7-12(24)8-11)10-3-6-15(27-2)22-9-10/h3-6,9,11-12,18,24H,7-8H2,1-2H3,(H,23,25). The number of aliphatic hydroxyl groups is 1. The third-order valence-electron chi connectivity index (χ3n) is 4.74. The molecule has 0 radical (unpaired) electrons. The molecule has 1 heterocycles. The Labute approximate surface area is 155 Å².